The summed E-state index contributed by atoms with van der Waals surface area (Å²) >= 11 is 3.32. The van der Waals surface area contributed by atoms with Crippen molar-refractivity contribution in [2.45, 2.75) is 45.6 Å². The molecule has 0 aliphatic heterocycles. The van der Waals surface area contributed by atoms with E-state index in [2.05, 4.69) is 48.6 Å². The first-order chi connectivity index (χ1) is 7.47. The number of hydrogen-bond acceptors (Lipinski definition) is 5. The molecule has 16 heavy (non-hydrogen) atoms. The highest BCUT2D eigenvalue weighted by Crippen LogP contribution is 2.23. The molecule has 0 aromatic carbocycles. The fourth-order valence-electron chi connectivity index (χ4n) is 1.22. The highest BCUT2D eigenvalue weighted by atomic mass is 32.2. The van der Waals surface area contributed by atoms with E-state index >= 15 is 0 Å². The third kappa shape index (κ3) is 3.94. The van der Waals surface area contributed by atoms with Crippen LogP contribution < -0.4 is 5.32 Å². The Morgan fingerprint density at radius 3 is 2.56 bits per heavy atom. The third-order valence-electron chi connectivity index (χ3n) is 2.29. The van der Waals surface area contributed by atoms with Crippen LogP contribution in [-0.2, 0) is 5.41 Å². The molecule has 1 unspecified atom stereocenters. The number of nitrogens with one attached hydrogen (secondary N) is 1. The molecule has 1 rings (SSSR count). The molecule has 92 valence electrons. The summed E-state index contributed by atoms with van der Waals surface area (Å²) in [7, 11) is 0. The van der Waals surface area contributed by atoms with E-state index in [1.807, 2.05) is 11.8 Å². The van der Waals surface area contributed by atoms with E-state index in [-0.39, 0.29) is 5.41 Å². The van der Waals surface area contributed by atoms with E-state index in [0.29, 0.717) is 6.04 Å². The second kappa shape index (κ2) is 5.87. The van der Waals surface area contributed by atoms with Gasteiger partial charge in [0.1, 0.15) is 5.82 Å². The van der Waals surface area contributed by atoms with Gasteiger partial charge in [-0.15, -0.1) is 0 Å². The lowest BCUT2D eigenvalue weighted by Crippen LogP contribution is -2.21. The summed E-state index contributed by atoms with van der Waals surface area (Å²) in [6.45, 7) is 8.60. The predicted octanol–water partition coefficient (Wildman–Crippen LogP) is 3.39. The van der Waals surface area contributed by atoms with Crippen LogP contribution in [0.4, 0.5) is 5.13 Å². The van der Waals surface area contributed by atoms with Crippen LogP contribution in [-0.4, -0.2) is 27.4 Å². The second-order valence-electron chi connectivity index (χ2n) is 4.88. The first-order valence-corrected chi connectivity index (χ1v) is 7.73. The van der Waals surface area contributed by atoms with Gasteiger partial charge in [-0.25, -0.2) is 4.98 Å². The van der Waals surface area contributed by atoms with Crippen molar-refractivity contribution in [3.63, 3.8) is 0 Å². The summed E-state index contributed by atoms with van der Waals surface area (Å²) in [5, 5.41) is 4.40. The van der Waals surface area contributed by atoms with Gasteiger partial charge in [0.15, 0.2) is 0 Å². The van der Waals surface area contributed by atoms with Gasteiger partial charge in [0.2, 0.25) is 5.13 Å². The average Bonchev–Trinajstić information content (AvgIpc) is 2.65. The minimum absolute atomic E-state index is 0.0393. The molecule has 1 atom stereocenters. The monoisotopic (exact) mass is 259 g/mol. The molecule has 0 aliphatic carbocycles. The van der Waals surface area contributed by atoms with Crippen LogP contribution in [0, 0.1) is 0 Å². The lowest BCUT2D eigenvalue weighted by Gasteiger charge is -2.15. The average molecular weight is 259 g/mol. The van der Waals surface area contributed by atoms with Crippen LogP contribution in [0.15, 0.2) is 0 Å². The molecule has 0 saturated carbocycles. The van der Waals surface area contributed by atoms with Gasteiger partial charge in [-0.05, 0) is 12.7 Å². The summed E-state index contributed by atoms with van der Waals surface area (Å²) in [4.78, 5) is 4.54. The van der Waals surface area contributed by atoms with Crippen LogP contribution in [0.1, 0.15) is 39.9 Å². The summed E-state index contributed by atoms with van der Waals surface area (Å²) in [6, 6.07) is 0.496. The van der Waals surface area contributed by atoms with Gasteiger partial charge < -0.3 is 5.32 Å². The molecule has 1 N–H and O–H groups in total. The minimum Gasteiger partial charge on any atom is -0.357 e. The quantitative estimate of drug-likeness (QED) is 0.879. The fraction of sp³-hybridized carbons (Fsp3) is 0.818. The van der Waals surface area contributed by atoms with E-state index < -0.39 is 0 Å². The summed E-state index contributed by atoms with van der Waals surface area (Å²) in [6.07, 6.45) is 3.25. The zero-order chi connectivity index (χ0) is 12.2. The molecule has 0 bridgehead atoms. The van der Waals surface area contributed by atoms with E-state index in [4.69, 9.17) is 0 Å². The van der Waals surface area contributed by atoms with Crippen molar-refractivity contribution in [2.24, 2.45) is 0 Å². The second-order valence-corrected chi connectivity index (χ2v) is 6.54. The predicted molar refractivity (Wildman–Crippen MR) is 74.7 cm³/mol. The lowest BCUT2D eigenvalue weighted by molar-refractivity contribution is 0.555. The molecular weight excluding hydrogens is 238 g/mol. The molecule has 0 saturated heterocycles. The van der Waals surface area contributed by atoms with Crippen molar-refractivity contribution in [1.82, 2.24) is 9.36 Å². The highest BCUT2D eigenvalue weighted by molar-refractivity contribution is 7.98. The molecule has 0 amide bonds. The first kappa shape index (κ1) is 13.8. The smallest absolute Gasteiger partial charge is 0.202 e. The Bertz CT molecular complexity index is 317. The Kier molecular flexibility index (Phi) is 5.05. The van der Waals surface area contributed by atoms with Gasteiger partial charge in [-0.1, -0.05) is 27.7 Å². The fourth-order valence-corrected chi connectivity index (χ4v) is 2.78. The number of thioether (sulfide) groups is 1. The Morgan fingerprint density at radius 1 is 1.44 bits per heavy atom. The maximum atomic E-state index is 4.54. The molecule has 3 nitrogen and oxygen atoms in total. The molecule has 0 spiro atoms. The van der Waals surface area contributed by atoms with Gasteiger partial charge in [-0.3, -0.25) is 0 Å². The largest absolute Gasteiger partial charge is 0.357 e. The van der Waals surface area contributed by atoms with Crippen LogP contribution >= 0.6 is 23.3 Å². The Hall–Kier alpha value is -0.290. The van der Waals surface area contributed by atoms with Crippen molar-refractivity contribution >= 4 is 28.4 Å². The van der Waals surface area contributed by atoms with Gasteiger partial charge in [-0.2, -0.15) is 16.1 Å². The normalized spacial score (nSPS) is 13.8. The maximum Gasteiger partial charge on any atom is 0.202 e. The molecule has 0 fully saturated rings. The van der Waals surface area contributed by atoms with E-state index in [1.165, 1.54) is 11.5 Å². The molecule has 0 radical (unpaired) electrons. The standard InChI is InChI=1S/C11H21N3S2/c1-6-8(7-15-5)12-10-13-9(14-16-10)11(2,3)4/h8H,6-7H2,1-5H3,(H,12,13,14). The van der Waals surface area contributed by atoms with Gasteiger partial charge in [0.25, 0.3) is 0 Å². The van der Waals surface area contributed by atoms with E-state index in [9.17, 15) is 0 Å². The SMILES string of the molecule is CCC(CSC)Nc1nc(C(C)(C)C)ns1. The number of aromatic nitrogens is 2. The van der Waals surface area contributed by atoms with Crippen molar-refractivity contribution in [3.8, 4) is 0 Å². The van der Waals surface area contributed by atoms with Crippen molar-refractivity contribution in [1.29, 1.82) is 0 Å². The summed E-state index contributed by atoms with van der Waals surface area (Å²) < 4.78 is 4.40. The summed E-state index contributed by atoms with van der Waals surface area (Å²) in [5.41, 5.74) is 0.0393. The molecule has 5 heteroatoms. The zero-order valence-corrected chi connectivity index (χ0v) is 12.3. The zero-order valence-electron chi connectivity index (χ0n) is 10.7. The topological polar surface area (TPSA) is 37.8 Å². The van der Waals surface area contributed by atoms with Crippen LogP contribution in [0.5, 0.6) is 0 Å². The van der Waals surface area contributed by atoms with Gasteiger partial charge in [0, 0.05) is 28.7 Å². The van der Waals surface area contributed by atoms with Crippen molar-refractivity contribution < 1.29 is 0 Å². The maximum absolute atomic E-state index is 4.54. The first-order valence-electron chi connectivity index (χ1n) is 5.57. The van der Waals surface area contributed by atoms with Crippen LogP contribution in [0.2, 0.25) is 0 Å². The van der Waals surface area contributed by atoms with Gasteiger partial charge in [0.05, 0.1) is 0 Å². The van der Waals surface area contributed by atoms with E-state index in [0.717, 1.165) is 23.1 Å². The molecular formula is C11H21N3S2. The Labute approximate surface area is 107 Å². The molecule has 0 aliphatic rings. The summed E-state index contributed by atoms with van der Waals surface area (Å²) in [5.74, 6) is 2.04. The Balaban J connectivity index is 2.64. The minimum atomic E-state index is 0.0393. The molecule has 1 heterocycles. The number of rotatable bonds is 5. The third-order valence-corrected chi connectivity index (χ3v) is 3.67. The molecule has 1 aromatic rings. The van der Waals surface area contributed by atoms with E-state index in [1.54, 1.807) is 0 Å². The highest BCUT2D eigenvalue weighted by Gasteiger charge is 2.20. The number of anilines is 1. The Morgan fingerprint density at radius 2 is 2.12 bits per heavy atom. The lowest BCUT2D eigenvalue weighted by atomic mass is 9.96. The van der Waals surface area contributed by atoms with Gasteiger partial charge >= 0.3 is 0 Å². The van der Waals surface area contributed by atoms with Crippen molar-refractivity contribution in [3.05, 3.63) is 5.82 Å². The van der Waals surface area contributed by atoms with Crippen molar-refractivity contribution in [2.75, 3.05) is 17.3 Å². The number of nitrogens with zero attached hydrogens (tertiary/aromatic N) is 2. The van der Waals surface area contributed by atoms with Crippen LogP contribution in [0.3, 0.4) is 0 Å². The van der Waals surface area contributed by atoms with Crippen LogP contribution in [0.25, 0.3) is 0 Å². The number of hydrogen-bond donors (Lipinski definition) is 1. The molecule has 1 aromatic heterocycles.